The highest BCUT2D eigenvalue weighted by Crippen LogP contribution is 2.26. The summed E-state index contributed by atoms with van der Waals surface area (Å²) in [6, 6.07) is 7.73. The lowest BCUT2D eigenvalue weighted by Crippen LogP contribution is -2.36. The van der Waals surface area contributed by atoms with Crippen molar-refractivity contribution in [3.63, 3.8) is 0 Å². The summed E-state index contributed by atoms with van der Waals surface area (Å²) in [5, 5.41) is 12.7. The van der Waals surface area contributed by atoms with E-state index in [0.717, 1.165) is 24.8 Å². The highest BCUT2D eigenvalue weighted by molar-refractivity contribution is 5.79. The van der Waals surface area contributed by atoms with Crippen molar-refractivity contribution in [1.82, 2.24) is 5.32 Å². The maximum atomic E-state index is 11.6. The Morgan fingerprint density at radius 1 is 1.41 bits per heavy atom. The Kier molecular flexibility index (Phi) is 3.79. The quantitative estimate of drug-likeness (QED) is 0.835. The molecule has 0 spiro atoms. The smallest absolute Gasteiger partial charge is 0.223 e. The second kappa shape index (κ2) is 5.32. The van der Waals surface area contributed by atoms with Crippen LogP contribution in [-0.4, -0.2) is 17.6 Å². The van der Waals surface area contributed by atoms with Crippen LogP contribution in [-0.2, 0) is 4.79 Å². The zero-order chi connectivity index (χ0) is 12.3. The molecule has 2 rings (SSSR count). The maximum absolute atomic E-state index is 11.6. The van der Waals surface area contributed by atoms with Gasteiger partial charge >= 0.3 is 0 Å². The summed E-state index contributed by atoms with van der Waals surface area (Å²) in [7, 11) is 0. The van der Waals surface area contributed by atoms with E-state index in [1.807, 2.05) is 31.2 Å². The second-order valence-electron chi connectivity index (χ2n) is 4.80. The van der Waals surface area contributed by atoms with Gasteiger partial charge in [-0.3, -0.25) is 4.79 Å². The first kappa shape index (κ1) is 12.1. The molecule has 1 saturated carbocycles. The van der Waals surface area contributed by atoms with Crippen molar-refractivity contribution >= 4 is 5.91 Å². The van der Waals surface area contributed by atoms with Crippen LogP contribution >= 0.6 is 0 Å². The van der Waals surface area contributed by atoms with Crippen molar-refractivity contribution in [1.29, 1.82) is 0 Å². The largest absolute Gasteiger partial charge is 0.387 e. The first-order valence-corrected chi connectivity index (χ1v) is 6.19. The van der Waals surface area contributed by atoms with E-state index in [2.05, 4.69) is 5.32 Å². The number of aryl methyl sites for hydroxylation is 1. The number of amides is 1. The molecule has 1 aliphatic rings. The Balaban J connectivity index is 1.82. The van der Waals surface area contributed by atoms with Crippen LogP contribution in [0.25, 0.3) is 0 Å². The fourth-order valence-corrected chi connectivity index (χ4v) is 1.92. The van der Waals surface area contributed by atoms with Crippen molar-refractivity contribution in [2.45, 2.75) is 32.3 Å². The van der Waals surface area contributed by atoms with Gasteiger partial charge in [-0.15, -0.1) is 0 Å². The topological polar surface area (TPSA) is 49.3 Å². The van der Waals surface area contributed by atoms with Gasteiger partial charge in [-0.1, -0.05) is 36.2 Å². The molecule has 1 aliphatic carbocycles. The molecule has 0 radical (unpaired) electrons. The van der Waals surface area contributed by atoms with Gasteiger partial charge in [0.2, 0.25) is 5.91 Å². The number of benzene rings is 1. The number of hydrogen-bond acceptors (Lipinski definition) is 2. The molecule has 1 aromatic rings. The van der Waals surface area contributed by atoms with E-state index >= 15 is 0 Å². The van der Waals surface area contributed by atoms with E-state index in [1.165, 1.54) is 5.56 Å². The summed E-state index contributed by atoms with van der Waals surface area (Å²) >= 11 is 0. The molecule has 1 atom stereocenters. The minimum Gasteiger partial charge on any atom is -0.387 e. The summed E-state index contributed by atoms with van der Waals surface area (Å²) in [4.78, 5) is 11.6. The molecule has 1 amide bonds. The summed E-state index contributed by atoms with van der Waals surface area (Å²) in [5.41, 5.74) is 2.02. The minimum atomic E-state index is -0.611. The molecule has 2 N–H and O–H groups in total. The van der Waals surface area contributed by atoms with Gasteiger partial charge in [0, 0.05) is 12.5 Å². The Bertz CT molecular complexity index is 382. The Hall–Kier alpha value is -1.35. The van der Waals surface area contributed by atoms with Crippen molar-refractivity contribution in [3.05, 3.63) is 35.4 Å². The van der Waals surface area contributed by atoms with E-state index in [0.29, 0.717) is 6.54 Å². The molecule has 1 fully saturated rings. The summed E-state index contributed by atoms with van der Waals surface area (Å²) in [6.45, 7) is 2.31. The predicted octanol–water partition coefficient (Wildman–Crippen LogP) is 1.94. The van der Waals surface area contributed by atoms with Gasteiger partial charge in [0.15, 0.2) is 0 Å². The van der Waals surface area contributed by atoms with Crippen LogP contribution < -0.4 is 5.32 Å². The molecule has 0 aliphatic heterocycles. The lowest BCUT2D eigenvalue weighted by Gasteiger charge is -2.24. The molecule has 1 aromatic carbocycles. The van der Waals surface area contributed by atoms with E-state index in [1.54, 1.807) is 0 Å². The Morgan fingerprint density at radius 3 is 2.59 bits per heavy atom. The average Bonchev–Trinajstić information content (AvgIpc) is 2.24. The van der Waals surface area contributed by atoms with Gasteiger partial charge in [0.05, 0.1) is 6.10 Å². The Labute approximate surface area is 102 Å². The monoisotopic (exact) mass is 233 g/mol. The molecule has 0 bridgehead atoms. The molecular formula is C14H19NO2. The average molecular weight is 233 g/mol. The highest BCUT2D eigenvalue weighted by Gasteiger charge is 2.25. The molecule has 0 aromatic heterocycles. The van der Waals surface area contributed by atoms with Gasteiger partial charge in [0.25, 0.3) is 0 Å². The zero-order valence-electron chi connectivity index (χ0n) is 10.1. The Morgan fingerprint density at radius 2 is 2.06 bits per heavy atom. The van der Waals surface area contributed by atoms with Gasteiger partial charge < -0.3 is 10.4 Å². The van der Waals surface area contributed by atoms with Gasteiger partial charge in [-0.2, -0.15) is 0 Å². The summed E-state index contributed by atoms with van der Waals surface area (Å²) in [6.07, 6.45) is 2.52. The lowest BCUT2D eigenvalue weighted by molar-refractivity contribution is -0.127. The van der Waals surface area contributed by atoms with Crippen molar-refractivity contribution in [2.75, 3.05) is 6.54 Å². The van der Waals surface area contributed by atoms with E-state index in [4.69, 9.17) is 0 Å². The molecule has 92 valence electrons. The van der Waals surface area contributed by atoms with Crippen LogP contribution in [0.4, 0.5) is 0 Å². The minimum absolute atomic E-state index is 0.0856. The number of carbonyl (C=O) groups is 1. The third-order valence-electron chi connectivity index (χ3n) is 3.41. The van der Waals surface area contributed by atoms with Crippen molar-refractivity contribution in [3.8, 4) is 0 Å². The lowest BCUT2D eigenvalue weighted by atomic mass is 9.85. The highest BCUT2D eigenvalue weighted by atomic mass is 16.3. The second-order valence-corrected chi connectivity index (χ2v) is 4.80. The summed E-state index contributed by atoms with van der Waals surface area (Å²) in [5.74, 6) is 0.266. The molecule has 0 heterocycles. The molecule has 0 saturated heterocycles. The van der Waals surface area contributed by atoms with Gasteiger partial charge in [-0.25, -0.2) is 0 Å². The van der Waals surface area contributed by atoms with Crippen LogP contribution in [0.1, 0.15) is 36.5 Å². The predicted molar refractivity (Wildman–Crippen MR) is 66.5 cm³/mol. The number of nitrogens with one attached hydrogen (secondary N) is 1. The number of hydrogen-bond donors (Lipinski definition) is 2. The van der Waals surface area contributed by atoms with Crippen LogP contribution in [0.3, 0.4) is 0 Å². The number of aliphatic hydroxyl groups excluding tert-OH is 1. The summed E-state index contributed by atoms with van der Waals surface area (Å²) < 4.78 is 0. The maximum Gasteiger partial charge on any atom is 0.223 e. The first-order valence-electron chi connectivity index (χ1n) is 6.19. The standard InChI is InChI=1S/C14H19NO2/c1-10-5-7-11(8-6-10)13(16)9-15-14(17)12-3-2-4-12/h5-8,12-13,16H,2-4,9H2,1H3,(H,15,17)/t13-/m1/s1. The van der Waals surface area contributed by atoms with Gasteiger partial charge in [-0.05, 0) is 25.3 Å². The fourth-order valence-electron chi connectivity index (χ4n) is 1.92. The van der Waals surface area contributed by atoms with E-state index < -0.39 is 6.10 Å². The van der Waals surface area contributed by atoms with Crippen molar-refractivity contribution < 1.29 is 9.90 Å². The number of aliphatic hydroxyl groups is 1. The normalized spacial score (nSPS) is 17.3. The fraction of sp³-hybridized carbons (Fsp3) is 0.500. The van der Waals surface area contributed by atoms with Gasteiger partial charge in [0.1, 0.15) is 0 Å². The molecular weight excluding hydrogens is 214 g/mol. The third-order valence-corrected chi connectivity index (χ3v) is 3.41. The van der Waals surface area contributed by atoms with Crippen molar-refractivity contribution in [2.24, 2.45) is 5.92 Å². The first-order chi connectivity index (χ1) is 8.16. The molecule has 3 heteroatoms. The molecule has 0 unspecified atom stereocenters. The molecule has 17 heavy (non-hydrogen) atoms. The van der Waals surface area contributed by atoms with Crippen LogP contribution in [0, 0.1) is 12.8 Å². The number of carbonyl (C=O) groups excluding carboxylic acids is 1. The zero-order valence-corrected chi connectivity index (χ0v) is 10.1. The van der Waals surface area contributed by atoms with E-state index in [9.17, 15) is 9.90 Å². The van der Waals surface area contributed by atoms with E-state index in [-0.39, 0.29) is 11.8 Å². The SMILES string of the molecule is Cc1ccc([C@H](O)CNC(=O)C2CCC2)cc1. The third kappa shape index (κ3) is 3.07. The van der Waals surface area contributed by atoms with Crippen LogP contribution in [0.15, 0.2) is 24.3 Å². The number of rotatable bonds is 4. The molecule has 3 nitrogen and oxygen atoms in total. The van der Waals surface area contributed by atoms with Crippen LogP contribution in [0.2, 0.25) is 0 Å². The van der Waals surface area contributed by atoms with Crippen LogP contribution in [0.5, 0.6) is 0 Å².